The molecule has 24 heavy (non-hydrogen) atoms. The summed E-state index contributed by atoms with van der Waals surface area (Å²) in [5.41, 5.74) is 2.56. The van der Waals surface area contributed by atoms with Crippen LogP contribution in [-0.4, -0.2) is 35.8 Å². The lowest BCUT2D eigenvalue weighted by Gasteiger charge is -2.19. The molecule has 1 aromatic carbocycles. The minimum atomic E-state index is -1.21. The second-order valence-electron chi connectivity index (χ2n) is 6.19. The zero-order valence-electron chi connectivity index (χ0n) is 13.2. The molecule has 124 valence electrons. The molecule has 1 saturated heterocycles. The summed E-state index contributed by atoms with van der Waals surface area (Å²) in [4.78, 5) is 28.3. The van der Waals surface area contributed by atoms with Crippen LogP contribution in [0.3, 0.4) is 0 Å². The number of rotatable bonds is 2. The maximum Gasteiger partial charge on any atom is 0.341 e. The standard InChI is InChI=1S/C18H18N2O4/c21-17-14(18(22)23)9-11-5-8-24-15-10-12(20-6-1-2-7-20)3-4-13(15)16(11)19-17/h3-4,9-10H,1-2,5-8H2,(H,19,21)(H,22,23). The van der Waals surface area contributed by atoms with Crippen molar-refractivity contribution >= 4 is 11.7 Å². The number of hydrogen-bond donors (Lipinski definition) is 2. The van der Waals surface area contributed by atoms with Gasteiger partial charge in [0.05, 0.1) is 12.3 Å². The molecule has 2 N–H and O–H groups in total. The Morgan fingerprint density at radius 1 is 1.21 bits per heavy atom. The molecule has 0 radical (unpaired) electrons. The molecule has 0 bridgehead atoms. The van der Waals surface area contributed by atoms with Crippen LogP contribution in [0.2, 0.25) is 0 Å². The van der Waals surface area contributed by atoms with E-state index >= 15 is 0 Å². The summed E-state index contributed by atoms with van der Waals surface area (Å²) in [5.74, 6) is -0.481. The Bertz CT molecular complexity index is 866. The Hall–Kier alpha value is -2.76. The Labute approximate surface area is 138 Å². The van der Waals surface area contributed by atoms with E-state index in [1.807, 2.05) is 18.2 Å². The summed E-state index contributed by atoms with van der Waals surface area (Å²) in [6.45, 7) is 2.55. The minimum absolute atomic E-state index is 0.231. The Morgan fingerprint density at radius 2 is 2.00 bits per heavy atom. The summed E-state index contributed by atoms with van der Waals surface area (Å²) in [6, 6.07) is 7.46. The number of H-pyrrole nitrogens is 1. The van der Waals surface area contributed by atoms with Crippen molar-refractivity contribution in [3.63, 3.8) is 0 Å². The number of pyridine rings is 1. The number of anilines is 1. The van der Waals surface area contributed by atoms with Gasteiger partial charge in [-0.15, -0.1) is 0 Å². The lowest BCUT2D eigenvalue weighted by atomic mass is 10.0. The predicted octanol–water partition coefficient (Wildman–Crippen LogP) is 2.28. The number of aromatic carboxylic acids is 1. The van der Waals surface area contributed by atoms with E-state index in [0.717, 1.165) is 35.7 Å². The molecule has 2 aliphatic rings. The highest BCUT2D eigenvalue weighted by Gasteiger charge is 2.22. The smallest absolute Gasteiger partial charge is 0.341 e. The number of nitrogens with one attached hydrogen (secondary N) is 1. The molecule has 0 amide bonds. The number of ether oxygens (including phenoxy) is 1. The first kappa shape index (κ1) is 14.8. The normalized spacial score (nSPS) is 16.1. The Morgan fingerprint density at radius 3 is 2.75 bits per heavy atom. The zero-order valence-corrected chi connectivity index (χ0v) is 13.2. The fourth-order valence-electron chi connectivity index (χ4n) is 3.45. The molecule has 0 aliphatic carbocycles. The van der Waals surface area contributed by atoms with Crippen LogP contribution in [0.15, 0.2) is 29.1 Å². The number of carbonyl (C=O) groups is 1. The fourth-order valence-corrected chi connectivity index (χ4v) is 3.45. The number of benzene rings is 1. The summed E-state index contributed by atoms with van der Waals surface area (Å²) in [6.07, 6.45) is 2.96. The van der Waals surface area contributed by atoms with Crippen molar-refractivity contribution < 1.29 is 14.6 Å². The van der Waals surface area contributed by atoms with E-state index < -0.39 is 11.5 Å². The maximum atomic E-state index is 12.0. The third kappa shape index (κ3) is 2.44. The lowest BCUT2D eigenvalue weighted by Crippen LogP contribution is -2.19. The van der Waals surface area contributed by atoms with Crippen molar-refractivity contribution in [1.82, 2.24) is 4.98 Å². The molecule has 1 aromatic heterocycles. The summed E-state index contributed by atoms with van der Waals surface area (Å²) >= 11 is 0. The van der Waals surface area contributed by atoms with Crippen LogP contribution in [0.4, 0.5) is 5.69 Å². The van der Waals surface area contributed by atoms with Crippen LogP contribution in [0.5, 0.6) is 5.75 Å². The molecule has 3 heterocycles. The van der Waals surface area contributed by atoms with Gasteiger partial charge >= 0.3 is 5.97 Å². The molecular formula is C18H18N2O4. The number of fused-ring (bicyclic) bond motifs is 3. The van der Waals surface area contributed by atoms with Gasteiger partial charge < -0.3 is 19.7 Å². The van der Waals surface area contributed by atoms with E-state index in [-0.39, 0.29) is 5.56 Å². The molecule has 2 aliphatic heterocycles. The first-order chi connectivity index (χ1) is 11.6. The quantitative estimate of drug-likeness (QED) is 0.885. The predicted molar refractivity (Wildman–Crippen MR) is 90.1 cm³/mol. The van der Waals surface area contributed by atoms with Gasteiger partial charge in [0.1, 0.15) is 11.3 Å². The third-order valence-corrected chi connectivity index (χ3v) is 4.69. The van der Waals surface area contributed by atoms with Crippen molar-refractivity contribution in [3.05, 3.63) is 45.7 Å². The molecule has 0 saturated carbocycles. The Balaban J connectivity index is 1.82. The van der Waals surface area contributed by atoms with E-state index in [4.69, 9.17) is 9.84 Å². The highest BCUT2D eigenvalue weighted by atomic mass is 16.5. The van der Waals surface area contributed by atoms with Crippen LogP contribution in [-0.2, 0) is 6.42 Å². The summed E-state index contributed by atoms with van der Waals surface area (Å²) in [7, 11) is 0. The van der Waals surface area contributed by atoms with Crippen molar-refractivity contribution in [2.45, 2.75) is 19.3 Å². The van der Waals surface area contributed by atoms with Crippen molar-refractivity contribution in [2.24, 2.45) is 0 Å². The van der Waals surface area contributed by atoms with Crippen LogP contribution < -0.4 is 15.2 Å². The summed E-state index contributed by atoms with van der Waals surface area (Å²) < 4.78 is 5.88. The second kappa shape index (κ2) is 5.70. The molecule has 0 atom stereocenters. The molecule has 4 rings (SSSR count). The molecule has 2 aromatic rings. The van der Waals surface area contributed by atoms with Crippen molar-refractivity contribution in [1.29, 1.82) is 0 Å². The van der Waals surface area contributed by atoms with Crippen LogP contribution in [0, 0.1) is 0 Å². The van der Waals surface area contributed by atoms with Gasteiger partial charge in [-0.05, 0) is 36.6 Å². The summed E-state index contributed by atoms with van der Waals surface area (Å²) in [5, 5.41) is 9.13. The topological polar surface area (TPSA) is 82.6 Å². The number of carboxylic acids is 1. The number of nitrogens with zero attached hydrogens (tertiary/aromatic N) is 1. The number of aromatic amines is 1. The number of carboxylic acid groups (broad SMARTS) is 1. The molecule has 6 heteroatoms. The molecule has 0 spiro atoms. The minimum Gasteiger partial charge on any atom is -0.492 e. The third-order valence-electron chi connectivity index (χ3n) is 4.69. The van der Waals surface area contributed by atoms with Gasteiger partial charge in [-0.25, -0.2) is 4.79 Å². The molecule has 1 fully saturated rings. The van der Waals surface area contributed by atoms with Gasteiger partial charge in [0.25, 0.3) is 5.56 Å². The maximum absolute atomic E-state index is 12.0. The first-order valence-electron chi connectivity index (χ1n) is 8.15. The van der Waals surface area contributed by atoms with Crippen molar-refractivity contribution in [2.75, 3.05) is 24.6 Å². The van der Waals surface area contributed by atoms with Gasteiger partial charge in [-0.1, -0.05) is 0 Å². The average molecular weight is 326 g/mol. The van der Waals surface area contributed by atoms with Crippen LogP contribution >= 0.6 is 0 Å². The van der Waals surface area contributed by atoms with Crippen LogP contribution in [0.25, 0.3) is 11.3 Å². The van der Waals surface area contributed by atoms with E-state index in [9.17, 15) is 9.59 Å². The fraction of sp³-hybridized carbons (Fsp3) is 0.333. The molecular weight excluding hydrogens is 308 g/mol. The monoisotopic (exact) mass is 326 g/mol. The Kier molecular flexibility index (Phi) is 3.52. The van der Waals surface area contributed by atoms with Crippen LogP contribution in [0.1, 0.15) is 28.8 Å². The SMILES string of the molecule is O=C(O)c1cc2c([nH]c1=O)-c1ccc(N3CCCC3)cc1OCC2. The van der Waals surface area contributed by atoms with Gasteiger partial charge in [0, 0.05) is 36.8 Å². The molecule has 6 nitrogen and oxygen atoms in total. The van der Waals surface area contributed by atoms with Gasteiger partial charge in [-0.2, -0.15) is 0 Å². The lowest BCUT2D eigenvalue weighted by molar-refractivity contribution is 0.0695. The average Bonchev–Trinajstić information content (AvgIpc) is 3.04. The molecule has 0 unspecified atom stereocenters. The van der Waals surface area contributed by atoms with E-state index in [1.54, 1.807) is 0 Å². The van der Waals surface area contributed by atoms with Gasteiger partial charge in [0.2, 0.25) is 0 Å². The highest BCUT2D eigenvalue weighted by Crippen LogP contribution is 2.37. The van der Waals surface area contributed by atoms with Gasteiger partial charge in [0.15, 0.2) is 0 Å². The number of hydrogen-bond acceptors (Lipinski definition) is 4. The van der Waals surface area contributed by atoms with Gasteiger partial charge in [-0.3, -0.25) is 4.79 Å². The zero-order chi connectivity index (χ0) is 16.7. The van der Waals surface area contributed by atoms with E-state index in [2.05, 4.69) is 9.88 Å². The largest absolute Gasteiger partial charge is 0.492 e. The van der Waals surface area contributed by atoms with Crippen molar-refractivity contribution in [3.8, 4) is 17.0 Å². The van der Waals surface area contributed by atoms with E-state index in [1.165, 1.54) is 18.9 Å². The number of aromatic nitrogens is 1. The first-order valence-corrected chi connectivity index (χ1v) is 8.15. The highest BCUT2D eigenvalue weighted by molar-refractivity contribution is 5.88. The second-order valence-corrected chi connectivity index (χ2v) is 6.19. The van der Waals surface area contributed by atoms with E-state index in [0.29, 0.717) is 18.7 Å².